The summed E-state index contributed by atoms with van der Waals surface area (Å²) in [5, 5.41) is 63.8. The Morgan fingerprint density at radius 2 is 1.00 bits per heavy atom. The highest BCUT2D eigenvalue weighted by Gasteiger charge is 2.48. The van der Waals surface area contributed by atoms with Crippen LogP contribution in [-0.2, 0) is 41.5 Å². The van der Waals surface area contributed by atoms with E-state index >= 15 is 0 Å². The smallest absolute Gasteiger partial charge is 0.387 e. The molecule has 0 bridgehead atoms. The molecule has 51 heavy (non-hydrogen) atoms. The predicted octanol–water partition coefficient (Wildman–Crippen LogP) is -3.87. The lowest BCUT2D eigenvalue weighted by Gasteiger charge is -2.31. The molecule has 0 amide bonds. The number of rotatable bonds is 12. The van der Waals surface area contributed by atoms with E-state index in [2.05, 4.69) is 29.0 Å². The lowest BCUT2D eigenvalue weighted by molar-refractivity contribution is -0.174. The molecule has 2 saturated heterocycles. The number of hydrogen-bond donors (Lipinski definition) is 11. The number of hydrogen-bond acceptors (Lipinski definition) is 21. The van der Waals surface area contributed by atoms with E-state index < -0.39 is 98.2 Å². The molecule has 0 aliphatic carbocycles. The summed E-state index contributed by atoms with van der Waals surface area (Å²) < 4.78 is 66.4. The van der Waals surface area contributed by atoms with Crippen LogP contribution in [0.5, 0.6) is 0 Å². The first-order chi connectivity index (χ1) is 23.7. The first-order valence-corrected chi connectivity index (χ1v) is 18.6. The molecule has 11 N–H and O–H groups in total. The van der Waals surface area contributed by atoms with E-state index in [-0.39, 0.29) is 23.0 Å². The maximum atomic E-state index is 12.9. The quantitative estimate of drug-likeness (QED) is 0.0916. The zero-order valence-electron chi connectivity index (χ0n) is 25.0. The molecule has 0 saturated carbocycles. The normalized spacial score (nSPS) is 33.5. The fourth-order valence-electron chi connectivity index (χ4n) is 5.25. The van der Waals surface area contributed by atoms with Gasteiger partial charge < -0.3 is 59.7 Å². The second kappa shape index (κ2) is 14.0. The van der Waals surface area contributed by atoms with Gasteiger partial charge in [-0.05, 0) is 0 Å². The van der Waals surface area contributed by atoms with Crippen molar-refractivity contribution in [1.82, 2.24) is 29.2 Å². The molecule has 4 aliphatic rings. The van der Waals surface area contributed by atoms with Crippen molar-refractivity contribution in [2.45, 2.75) is 61.5 Å². The van der Waals surface area contributed by atoms with Crippen molar-refractivity contribution in [3.63, 3.8) is 0 Å². The molecule has 28 nitrogen and oxygen atoms in total. The van der Waals surface area contributed by atoms with E-state index in [4.69, 9.17) is 38.3 Å². The average molecular weight is 794 g/mol. The highest BCUT2D eigenvalue weighted by atomic mass is 31.2. The Bertz CT molecular complexity index is 1690. The Kier molecular flexibility index (Phi) is 10.4. The minimum absolute atomic E-state index is 0.185. The molecular weight excluding hydrogens is 765 g/mol. The third kappa shape index (κ3) is 7.86. The second-order valence-electron chi connectivity index (χ2n) is 11.0. The van der Waals surface area contributed by atoms with Crippen molar-refractivity contribution >= 4 is 47.8 Å². The van der Waals surface area contributed by atoms with Gasteiger partial charge in [-0.15, -0.1) is 0 Å². The molecule has 31 heteroatoms. The predicted molar refractivity (Wildman–Crippen MR) is 154 cm³/mol. The molecule has 2 fully saturated rings. The number of aliphatic imine (C=N–C) groups is 2. The monoisotopic (exact) mass is 794 g/mol. The maximum absolute atomic E-state index is 12.9. The van der Waals surface area contributed by atoms with Gasteiger partial charge in [0.05, 0.1) is 25.9 Å². The van der Waals surface area contributed by atoms with Gasteiger partial charge >= 0.3 is 23.5 Å². The second-order valence-corrected chi connectivity index (χ2v) is 14.7. The summed E-state index contributed by atoms with van der Waals surface area (Å²) in [5.74, 6) is -0.370. The van der Waals surface area contributed by atoms with E-state index in [1.54, 1.807) is 0 Å². The van der Waals surface area contributed by atoms with Gasteiger partial charge in [0.15, 0.2) is 36.5 Å². The SMILES string of the molecule is O=P(O)(O)OC[C@H]1O[C@@H](n2cnc3c2N=CN(OP(=O)(O)ON2C=Nc4c(ncn4[C@@H]4O[C@H](COP(=O)(O)O)C(O)C4O)C2O)C3O)C(O)C1O. The van der Waals surface area contributed by atoms with Crippen LogP contribution >= 0.6 is 23.5 Å². The highest BCUT2D eigenvalue weighted by molar-refractivity contribution is 7.47. The van der Waals surface area contributed by atoms with Gasteiger partial charge in [-0.2, -0.15) is 19.4 Å². The van der Waals surface area contributed by atoms with Crippen LogP contribution in [0.4, 0.5) is 11.6 Å². The van der Waals surface area contributed by atoms with Crippen LogP contribution in [0.3, 0.4) is 0 Å². The van der Waals surface area contributed by atoms with E-state index in [9.17, 15) is 49.2 Å². The van der Waals surface area contributed by atoms with E-state index in [1.165, 1.54) is 0 Å². The number of aromatic nitrogens is 4. The molecule has 284 valence electrons. The average Bonchev–Trinajstić information content (AvgIpc) is 3.79. The highest BCUT2D eigenvalue weighted by Crippen LogP contribution is 2.50. The number of imidazole rings is 2. The fraction of sp³-hybridized carbons (Fsp3) is 0.600. The number of phosphoric acid groups is 3. The number of hydroxylamine groups is 4. The van der Waals surface area contributed by atoms with Crippen molar-refractivity contribution in [2.24, 2.45) is 9.98 Å². The largest absolute Gasteiger partial charge is 0.515 e. The zero-order chi connectivity index (χ0) is 37.2. The maximum Gasteiger partial charge on any atom is 0.515 e. The van der Waals surface area contributed by atoms with Gasteiger partial charge in [0.25, 0.3) is 0 Å². The van der Waals surface area contributed by atoms with Gasteiger partial charge in [0.2, 0.25) is 0 Å². The molecule has 6 unspecified atom stereocenters. The van der Waals surface area contributed by atoms with E-state index in [1.807, 2.05) is 0 Å². The number of fused-ring (bicyclic) bond motifs is 2. The minimum Gasteiger partial charge on any atom is -0.387 e. The Balaban J connectivity index is 1.09. The Labute approximate surface area is 282 Å². The first-order valence-electron chi connectivity index (χ1n) is 14.0. The van der Waals surface area contributed by atoms with Gasteiger partial charge in [-0.1, -0.05) is 0 Å². The lowest BCUT2D eigenvalue weighted by atomic mass is 10.1. The molecule has 10 atom stereocenters. The van der Waals surface area contributed by atoms with E-state index in [0.717, 1.165) is 21.8 Å². The number of nitrogens with zero attached hydrogens (tertiary/aromatic N) is 8. The molecular formula is C20H29N8O20P3. The minimum atomic E-state index is -5.32. The van der Waals surface area contributed by atoms with Gasteiger partial charge in [0.1, 0.15) is 60.7 Å². The molecule has 4 aliphatic heterocycles. The molecule has 2 aromatic heterocycles. The van der Waals surface area contributed by atoms with Crippen molar-refractivity contribution in [1.29, 1.82) is 0 Å². The van der Waals surface area contributed by atoms with Crippen LogP contribution in [0.1, 0.15) is 36.3 Å². The van der Waals surface area contributed by atoms with Crippen LogP contribution in [0.25, 0.3) is 0 Å². The summed E-state index contributed by atoms with van der Waals surface area (Å²) in [4.78, 5) is 61.8. The van der Waals surface area contributed by atoms with Crippen LogP contribution in [0.2, 0.25) is 0 Å². The van der Waals surface area contributed by atoms with Crippen molar-refractivity contribution in [2.75, 3.05) is 13.2 Å². The summed E-state index contributed by atoms with van der Waals surface area (Å²) in [7, 11) is -15.2. The van der Waals surface area contributed by atoms with Crippen LogP contribution < -0.4 is 0 Å². The summed E-state index contributed by atoms with van der Waals surface area (Å²) in [6.45, 7) is -1.59. The molecule has 0 radical (unpaired) electrons. The summed E-state index contributed by atoms with van der Waals surface area (Å²) in [6.07, 6.45) is -12.8. The van der Waals surface area contributed by atoms with Crippen LogP contribution in [-0.4, -0.2) is 147 Å². The molecule has 6 heterocycles. The van der Waals surface area contributed by atoms with Crippen LogP contribution in [0, 0.1) is 0 Å². The fourth-order valence-corrected chi connectivity index (χ4v) is 6.70. The Morgan fingerprint density at radius 1 is 0.627 bits per heavy atom. The van der Waals surface area contributed by atoms with Gasteiger partial charge in [0, 0.05) is 0 Å². The van der Waals surface area contributed by atoms with Gasteiger partial charge in [-0.25, -0.2) is 33.6 Å². The zero-order valence-corrected chi connectivity index (χ0v) is 27.7. The number of aliphatic hydroxyl groups excluding tert-OH is 6. The molecule has 2 aromatic rings. The Morgan fingerprint density at radius 3 is 1.35 bits per heavy atom. The molecule has 0 aromatic carbocycles. The number of aliphatic hydroxyl groups is 6. The third-order valence-corrected chi connectivity index (χ3v) is 9.34. The first kappa shape index (κ1) is 38.1. The van der Waals surface area contributed by atoms with E-state index in [0.29, 0.717) is 22.8 Å². The summed E-state index contributed by atoms with van der Waals surface area (Å²) in [5.41, 5.74) is -0.631. The van der Waals surface area contributed by atoms with Crippen LogP contribution in [0.15, 0.2) is 22.6 Å². The molecule has 6 rings (SSSR count). The van der Waals surface area contributed by atoms with Crippen molar-refractivity contribution < 1.29 is 96.6 Å². The number of ether oxygens (including phenoxy) is 2. The topological polar surface area (TPSA) is 396 Å². The van der Waals surface area contributed by atoms with Crippen molar-refractivity contribution in [3.8, 4) is 0 Å². The lowest BCUT2D eigenvalue weighted by Crippen LogP contribution is -2.34. The number of phosphoric ester groups is 2. The van der Waals surface area contributed by atoms with Crippen molar-refractivity contribution in [3.05, 3.63) is 24.0 Å². The standard InChI is InChI=1S/C20H29N8O20P3/c29-11-7(1-43-49(35,36)37)45-19(13(11)31)25-3-21-9-15(25)23-5-27(17(9)33)47-51(41,42)48-28-6-24-16-10(18(28)34)22-4-26(16)20-14(32)12(30)8(46-20)2-44-50(38,39)40/h3-8,11-14,17-20,29-34H,1-2H2,(H,41,42)(H2,35,36,37)(H2,38,39,40)/t7-,8-,11?,12?,13?,14?,17?,18?,19-,20-/m1/s1. The van der Waals surface area contributed by atoms with Gasteiger partial charge in [-0.3, -0.25) is 23.1 Å². The summed E-state index contributed by atoms with van der Waals surface area (Å²) in [6, 6.07) is 0. The Hall–Kier alpha value is -2.63. The molecule has 0 spiro atoms. The third-order valence-electron chi connectivity index (χ3n) is 7.58. The summed E-state index contributed by atoms with van der Waals surface area (Å²) >= 11 is 0.